The Morgan fingerprint density at radius 2 is 1.21 bits per heavy atom. The Balaban J connectivity index is 0.000000446. The van der Waals surface area contributed by atoms with Crippen LogP contribution in [0.2, 0.25) is 0 Å². The van der Waals surface area contributed by atoms with Crippen LogP contribution in [0.1, 0.15) is 64.9 Å². The molecule has 0 unspecified atom stereocenters. The molecular weight excluding hydrogens is 340 g/mol. The number of hydrogen-bond donors (Lipinski definition) is 0. The quantitative estimate of drug-likeness (QED) is 0.432. The number of unbranched alkanes of at least 4 members (excludes halogenated alkanes) is 3. The fourth-order valence-corrected chi connectivity index (χ4v) is 5.23. The van der Waals surface area contributed by atoms with E-state index in [1.165, 1.54) is 67.9 Å². The van der Waals surface area contributed by atoms with Gasteiger partial charge in [-0.1, -0.05) is 57.7 Å². The van der Waals surface area contributed by atoms with Gasteiger partial charge in [0.25, 0.3) is 0 Å². The van der Waals surface area contributed by atoms with Crippen molar-refractivity contribution in [2.75, 3.05) is 17.3 Å². The summed E-state index contributed by atoms with van der Waals surface area (Å²) < 4.78 is 31.2. The summed E-state index contributed by atoms with van der Waals surface area (Å²) >= 11 is 0. The molecule has 0 amide bonds. The topological polar surface area (TPSA) is 57.2 Å². The second kappa shape index (κ2) is 13.7. The normalized spacial score (nSPS) is 11.2. The lowest BCUT2D eigenvalue weighted by Crippen LogP contribution is -2.16. The molecule has 1 aromatic rings. The molecule has 1 rings (SSSR count). The van der Waals surface area contributed by atoms with Crippen LogP contribution >= 0.6 is 0 Å². The van der Waals surface area contributed by atoms with Crippen LogP contribution in [0.25, 0.3) is 0 Å². The molecule has 0 aliphatic heterocycles. The van der Waals surface area contributed by atoms with Crippen molar-refractivity contribution in [1.82, 2.24) is 0 Å². The van der Waals surface area contributed by atoms with Crippen molar-refractivity contribution in [1.29, 1.82) is 0 Å². The molecule has 0 atom stereocenters. The largest absolute Gasteiger partial charge is 0.744 e. The van der Waals surface area contributed by atoms with Crippen LogP contribution in [-0.4, -0.2) is 30.2 Å². The van der Waals surface area contributed by atoms with Crippen LogP contribution in [-0.2, 0) is 21.0 Å². The minimum Gasteiger partial charge on any atom is -0.744 e. The molecule has 0 radical (unpaired) electrons. The second-order valence-electron chi connectivity index (χ2n) is 6.05. The molecule has 0 saturated heterocycles. The van der Waals surface area contributed by atoms with Gasteiger partial charge < -0.3 is 4.55 Å². The van der Waals surface area contributed by atoms with Crippen molar-refractivity contribution in [3.63, 3.8) is 0 Å². The van der Waals surface area contributed by atoms with Crippen molar-refractivity contribution in [3.8, 4) is 0 Å². The zero-order valence-electron chi connectivity index (χ0n) is 15.7. The summed E-state index contributed by atoms with van der Waals surface area (Å²) in [7, 11) is -3.49. The Morgan fingerprint density at radius 1 is 0.833 bits per heavy atom. The van der Waals surface area contributed by atoms with E-state index in [0.717, 1.165) is 16.5 Å². The van der Waals surface area contributed by atoms with E-state index in [4.69, 9.17) is 0 Å². The van der Waals surface area contributed by atoms with Gasteiger partial charge >= 0.3 is 0 Å². The smallest absolute Gasteiger partial charge is 0.124 e. The highest BCUT2D eigenvalue weighted by atomic mass is 32.2. The van der Waals surface area contributed by atoms with E-state index < -0.39 is 10.1 Å². The minimum absolute atomic E-state index is 0.178. The summed E-state index contributed by atoms with van der Waals surface area (Å²) in [4.78, 5) is -0.178. The van der Waals surface area contributed by atoms with Crippen LogP contribution in [0, 0.1) is 6.92 Å². The van der Waals surface area contributed by atoms with E-state index in [1.807, 2.05) is 6.92 Å². The third-order valence-electron chi connectivity index (χ3n) is 3.67. The average Bonchev–Trinajstić information content (AvgIpc) is 2.54. The van der Waals surface area contributed by atoms with Gasteiger partial charge in [0.05, 0.1) is 4.90 Å². The molecule has 0 saturated carbocycles. The molecule has 1 aromatic carbocycles. The van der Waals surface area contributed by atoms with Crippen molar-refractivity contribution >= 4 is 21.0 Å². The predicted molar refractivity (Wildman–Crippen MR) is 106 cm³/mol. The highest BCUT2D eigenvalue weighted by Gasteiger charge is 2.15. The van der Waals surface area contributed by atoms with Gasteiger partial charge in [0, 0.05) is 0 Å². The Labute approximate surface area is 152 Å². The summed E-state index contributed by atoms with van der Waals surface area (Å²) in [6.45, 7) is 8.74. The molecule has 3 nitrogen and oxygen atoms in total. The molecule has 0 spiro atoms. The van der Waals surface area contributed by atoms with Crippen LogP contribution in [0.4, 0.5) is 0 Å². The fourth-order valence-electron chi connectivity index (χ4n) is 2.06. The predicted octanol–water partition coefficient (Wildman–Crippen LogP) is 4.90. The summed E-state index contributed by atoms with van der Waals surface area (Å²) in [6.07, 6.45) is 8.49. The van der Waals surface area contributed by atoms with Crippen molar-refractivity contribution in [3.05, 3.63) is 29.8 Å². The Hall–Kier alpha value is -0.520. The lowest BCUT2D eigenvalue weighted by molar-refractivity contribution is 0.463. The molecule has 24 heavy (non-hydrogen) atoms. The summed E-state index contributed by atoms with van der Waals surface area (Å²) in [5, 5.41) is 0. The molecule has 140 valence electrons. The van der Waals surface area contributed by atoms with E-state index in [0.29, 0.717) is 0 Å². The highest BCUT2D eigenvalue weighted by molar-refractivity contribution is 7.96. The van der Waals surface area contributed by atoms with Gasteiger partial charge in [-0.05, 0) is 49.2 Å². The van der Waals surface area contributed by atoms with Gasteiger partial charge in [0.2, 0.25) is 0 Å². The monoisotopic (exact) mass is 374 g/mol. The van der Waals surface area contributed by atoms with E-state index in [9.17, 15) is 13.0 Å². The maximum absolute atomic E-state index is 10.4. The van der Waals surface area contributed by atoms with E-state index in [2.05, 4.69) is 20.8 Å². The van der Waals surface area contributed by atoms with E-state index in [-0.39, 0.29) is 4.90 Å². The molecule has 0 N–H and O–H groups in total. The van der Waals surface area contributed by atoms with Gasteiger partial charge in [-0.2, -0.15) is 0 Å². The zero-order valence-corrected chi connectivity index (χ0v) is 17.3. The Bertz CT molecular complexity index is 491. The van der Waals surface area contributed by atoms with Gasteiger partial charge in [0.1, 0.15) is 27.4 Å². The van der Waals surface area contributed by atoms with Crippen LogP contribution in [0.15, 0.2) is 29.2 Å². The van der Waals surface area contributed by atoms with Crippen LogP contribution in [0.3, 0.4) is 0 Å². The number of aryl methyl sites for hydroxylation is 1. The minimum atomic E-state index is -4.27. The molecule has 0 fully saturated rings. The number of benzene rings is 1. The molecule has 0 aromatic heterocycles. The first-order chi connectivity index (χ1) is 11.3. The van der Waals surface area contributed by atoms with Crippen molar-refractivity contribution in [2.45, 2.75) is 71.1 Å². The van der Waals surface area contributed by atoms with E-state index in [1.54, 1.807) is 12.1 Å². The van der Waals surface area contributed by atoms with E-state index >= 15 is 0 Å². The summed E-state index contributed by atoms with van der Waals surface area (Å²) in [5.74, 6) is 4.53. The zero-order chi connectivity index (χ0) is 18.4. The first-order valence-corrected chi connectivity index (χ1v) is 12.2. The molecule has 0 aliphatic carbocycles. The maximum Gasteiger partial charge on any atom is 0.124 e. The first-order valence-electron chi connectivity index (χ1n) is 9.01. The molecular formula is C19H34O3S2. The molecule has 0 aliphatic rings. The molecule has 0 bridgehead atoms. The third kappa shape index (κ3) is 11.9. The van der Waals surface area contributed by atoms with Crippen molar-refractivity contribution < 1.29 is 13.0 Å². The third-order valence-corrected chi connectivity index (χ3v) is 7.12. The van der Waals surface area contributed by atoms with Gasteiger partial charge in [0.15, 0.2) is 0 Å². The summed E-state index contributed by atoms with van der Waals surface area (Å²) in [6, 6.07) is 5.78. The standard InChI is InChI=1S/C12H27S.C7H8O3S/c1-4-7-10-13(11-8-5-2)12-9-6-3;1-6-2-4-7(5-3-6)11(8,9)10/h4-12H2,1-3H3;2-5H,1H3,(H,8,9,10)/q+1;/p-1. The first kappa shape index (κ1) is 23.5. The summed E-state index contributed by atoms with van der Waals surface area (Å²) in [5.41, 5.74) is 0.928. The number of rotatable bonds is 10. The maximum atomic E-state index is 10.4. The highest BCUT2D eigenvalue weighted by Crippen LogP contribution is 2.09. The lowest BCUT2D eigenvalue weighted by Gasteiger charge is -2.07. The molecule has 0 heterocycles. The Kier molecular flexibility index (Phi) is 13.4. The fraction of sp³-hybridized carbons (Fsp3) is 0.684. The van der Waals surface area contributed by atoms with Crippen molar-refractivity contribution in [2.24, 2.45) is 0 Å². The number of hydrogen-bond acceptors (Lipinski definition) is 3. The second-order valence-corrected chi connectivity index (χ2v) is 9.88. The molecule has 5 heteroatoms. The van der Waals surface area contributed by atoms with Gasteiger partial charge in [-0.15, -0.1) is 0 Å². The van der Waals surface area contributed by atoms with Crippen LogP contribution in [0.5, 0.6) is 0 Å². The van der Waals surface area contributed by atoms with Gasteiger partial charge in [-0.3, -0.25) is 0 Å². The average molecular weight is 375 g/mol. The Morgan fingerprint density at radius 3 is 1.50 bits per heavy atom. The van der Waals surface area contributed by atoms with Gasteiger partial charge in [-0.25, -0.2) is 8.42 Å². The van der Waals surface area contributed by atoms with Crippen LogP contribution < -0.4 is 0 Å². The lowest BCUT2D eigenvalue weighted by atomic mass is 10.2. The SMILES string of the molecule is CCCC[S+](CCCC)CCCC.Cc1ccc(S(=O)(=O)[O-])cc1.